The van der Waals surface area contributed by atoms with Crippen molar-refractivity contribution in [3.63, 3.8) is 0 Å². The van der Waals surface area contributed by atoms with Crippen LogP contribution in [0, 0.1) is 5.82 Å². The molecule has 0 spiro atoms. The maximum Gasteiger partial charge on any atom is 0.332 e. The number of benzene rings is 2. The van der Waals surface area contributed by atoms with Gasteiger partial charge < -0.3 is 15.0 Å². The number of nitrogens with one attached hydrogen (secondary N) is 1. The summed E-state index contributed by atoms with van der Waals surface area (Å²) >= 11 is 0. The standard InChI is InChI=1S/C20H16FN3O3/c21-15-6-4-12(5-7-15)13-2-1-3-14(10-13)19(25)24-9-8-16-17(23-11-22-16)18(24)20(26)27/h1-7,10-11,18H,8-9H2,(H,22,23)(H,26,27). The predicted molar refractivity (Wildman–Crippen MR) is 95.5 cm³/mol. The van der Waals surface area contributed by atoms with Gasteiger partial charge in [-0.05, 0) is 35.4 Å². The largest absolute Gasteiger partial charge is 0.479 e. The Hall–Kier alpha value is -3.48. The van der Waals surface area contributed by atoms with Crippen LogP contribution in [0.1, 0.15) is 27.8 Å². The molecule has 2 heterocycles. The Morgan fingerprint density at radius 2 is 1.93 bits per heavy atom. The van der Waals surface area contributed by atoms with Crippen molar-refractivity contribution in [2.24, 2.45) is 0 Å². The first-order valence-electron chi connectivity index (χ1n) is 8.46. The van der Waals surface area contributed by atoms with Gasteiger partial charge in [0.05, 0.1) is 12.0 Å². The molecule has 0 radical (unpaired) electrons. The molecule has 3 aromatic rings. The molecule has 1 atom stereocenters. The van der Waals surface area contributed by atoms with Crippen molar-refractivity contribution < 1.29 is 19.1 Å². The van der Waals surface area contributed by atoms with Crippen molar-refractivity contribution in [1.82, 2.24) is 14.9 Å². The number of imidazole rings is 1. The van der Waals surface area contributed by atoms with E-state index in [4.69, 9.17) is 0 Å². The number of carboxylic acid groups (broad SMARTS) is 1. The summed E-state index contributed by atoms with van der Waals surface area (Å²) in [6.45, 7) is 0.284. The molecule has 0 fully saturated rings. The third-order valence-electron chi connectivity index (χ3n) is 4.71. The van der Waals surface area contributed by atoms with Gasteiger partial charge in [0.15, 0.2) is 6.04 Å². The molecule has 0 saturated carbocycles. The maximum absolute atomic E-state index is 13.1. The van der Waals surface area contributed by atoms with Crippen molar-refractivity contribution in [3.8, 4) is 11.1 Å². The van der Waals surface area contributed by atoms with Crippen molar-refractivity contribution in [3.05, 3.63) is 77.6 Å². The van der Waals surface area contributed by atoms with Crippen molar-refractivity contribution in [2.45, 2.75) is 12.5 Å². The van der Waals surface area contributed by atoms with E-state index in [2.05, 4.69) is 9.97 Å². The molecule has 6 nitrogen and oxygen atoms in total. The van der Waals surface area contributed by atoms with Crippen LogP contribution in [0.3, 0.4) is 0 Å². The van der Waals surface area contributed by atoms with Crippen LogP contribution in [0.25, 0.3) is 11.1 Å². The Labute approximate surface area is 154 Å². The lowest BCUT2D eigenvalue weighted by Crippen LogP contribution is -2.43. The molecule has 0 bridgehead atoms. The monoisotopic (exact) mass is 365 g/mol. The zero-order valence-electron chi connectivity index (χ0n) is 14.2. The van der Waals surface area contributed by atoms with Crippen molar-refractivity contribution >= 4 is 11.9 Å². The third kappa shape index (κ3) is 3.08. The van der Waals surface area contributed by atoms with Gasteiger partial charge in [-0.3, -0.25) is 4.79 Å². The number of halogens is 1. The summed E-state index contributed by atoms with van der Waals surface area (Å²) in [5.41, 5.74) is 3.02. The Morgan fingerprint density at radius 3 is 2.67 bits per heavy atom. The highest BCUT2D eigenvalue weighted by Gasteiger charge is 2.38. The van der Waals surface area contributed by atoms with E-state index < -0.39 is 12.0 Å². The number of aliphatic carboxylic acids is 1. The predicted octanol–water partition coefficient (Wildman–Crippen LogP) is 3.04. The molecular weight excluding hydrogens is 349 g/mol. The van der Waals surface area contributed by atoms with E-state index in [-0.39, 0.29) is 18.3 Å². The second kappa shape index (κ2) is 6.68. The van der Waals surface area contributed by atoms with Crippen LogP contribution in [0.4, 0.5) is 4.39 Å². The summed E-state index contributed by atoms with van der Waals surface area (Å²) < 4.78 is 13.1. The molecule has 1 unspecified atom stereocenters. The number of hydrogen-bond donors (Lipinski definition) is 2. The topological polar surface area (TPSA) is 86.3 Å². The number of carbonyl (C=O) groups is 2. The minimum absolute atomic E-state index is 0.284. The van der Waals surface area contributed by atoms with Gasteiger partial charge in [0.1, 0.15) is 5.82 Å². The Kier molecular flexibility index (Phi) is 4.19. The molecule has 136 valence electrons. The number of aromatic nitrogens is 2. The summed E-state index contributed by atoms with van der Waals surface area (Å²) in [5, 5.41) is 9.64. The van der Waals surface area contributed by atoms with E-state index in [1.54, 1.807) is 30.3 Å². The minimum atomic E-state index is -1.12. The number of H-pyrrole nitrogens is 1. The maximum atomic E-state index is 13.1. The van der Waals surface area contributed by atoms with Crippen LogP contribution in [0.2, 0.25) is 0 Å². The van der Waals surface area contributed by atoms with Gasteiger partial charge in [0, 0.05) is 24.2 Å². The van der Waals surface area contributed by atoms with Crippen LogP contribution in [-0.2, 0) is 11.2 Å². The molecule has 1 amide bonds. The average Bonchev–Trinajstić information content (AvgIpc) is 3.16. The number of nitrogens with zero attached hydrogens (tertiary/aromatic N) is 2. The summed E-state index contributed by atoms with van der Waals surface area (Å²) in [7, 11) is 0. The SMILES string of the molecule is O=C(O)C1c2nc[nH]c2CCN1C(=O)c1cccc(-c2ccc(F)cc2)c1. The van der Waals surface area contributed by atoms with Gasteiger partial charge in [-0.15, -0.1) is 0 Å². The number of amides is 1. The first-order valence-corrected chi connectivity index (χ1v) is 8.46. The highest BCUT2D eigenvalue weighted by Crippen LogP contribution is 2.30. The molecule has 0 saturated heterocycles. The molecule has 1 aliphatic rings. The number of fused-ring (bicyclic) bond motifs is 1. The zero-order chi connectivity index (χ0) is 19.0. The zero-order valence-corrected chi connectivity index (χ0v) is 14.2. The highest BCUT2D eigenvalue weighted by molar-refractivity contribution is 5.98. The third-order valence-corrected chi connectivity index (χ3v) is 4.71. The summed E-state index contributed by atoms with van der Waals surface area (Å²) in [6.07, 6.45) is 1.96. The van der Waals surface area contributed by atoms with Gasteiger partial charge >= 0.3 is 5.97 Å². The van der Waals surface area contributed by atoms with E-state index in [9.17, 15) is 19.1 Å². The molecular formula is C20H16FN3O3. The lowest BCUT2D eigenvalue weighted by atomic mass is 9.99. The van der Waals surface area contributed by atoms with Gasteiger partial charge in [0.2, 0.25) is 0 Å². The highest BCUT2D eigenvalue weighted by atomic mass is 19.1. The summed E-state index contributed by atoms with van der Waals surface area (Å²) in [4.78, 5) is 33.2. The van der Waals surface area contributed by atoms with Crippen LogP contribution in [0.5, 0.6) is 0 Å². The number of rotatable bonds is 3. The fraction of sp³-hybridized carbons (Fsp3) is 0.150. The molecule has 2 aromatic carbocycles. The number of carboxylic acids is 1. The normalized spacial score (nSPS) is 16.0. The van der Waals surface area contributed by atoms with Crippen molar-refractivity contribution in [2.75, 3.05) is 6.54 Å². The number of aromatic amines is 1. The Bertz CT molecular complexity index is 1010. The van der Waals surface area contributed by atoms with Crippen LogP contribution < -0.4 is 0 Å². The lowest BCUT2D eigenvalue weighted by molar-refractivity contribution is -0.143. The van der Waals surface area contributed by atoms with Crippen LogP contribution in [-0.4, -0.2) is 38.4 Å². The average molecular weight is 365 g/mol. The number of hydrogen-bond acceptors (Lipinski definition) is 3. The fourth-order valence-electron chi connectivity index (χ4n) is 3.39. The summed E-state index contributed by atoms with van der Waals surface area (Å²) in [6, 6.07) is 11.7. The Morgan fingerprint density at radius 1 is 1.15 bits per heavy atom. The molecule has 7 heteroatoms. The van der Waals surface area contributed by atoms with Crippen LogP contribution >= 0.6 is 0 Å². The molecule has 2 N–H and O–H groups in total. The molecule has 27 heavy (non-hydrogen) atoms. The fourth-order valence-corrected chi connectivity index (χ4v) is 3.39. The Balaban J connectivity index is 1.67. The second-order valence-corrected chi connectivity index (χ2v) is 6.34. The van der Waals surface area contributed by atoms with E-state index >= 15 is 0 Å². The summed E-state index contributed by atoms with van der Waals surface area (Å²) in [5.74, 6) is -1.83. The molecule has 1 aromatic heterocycles. The molecule has 1 aliphatic heterocycles. The first kappa shape index (κ1) is 17.0. The van der Waals surface area contributed by atoms with Gasteiger partial charge in [-0.1, -0.05) is 24.3 Å². The lowest BCUT2D eigenvalue weighted by Gasteiger charge is -2.32. The van der Waals surface area contributed by atoms with Gasteiger partial charge in [-0.2, -0.15) is 0 Å². The van der Waals surface area contributed by atoms with E-state index in [0.717, 1.165) is 16.8 Å². The minimum Gasteiger partial charge on any atom is -0.479 e. The van der Waals surface area contributed by atoms with E-state index in [1.807, 2.05) is 6.07 Å². The smallest absolute Gasteiger partial charge is 0.332 e. The van der Waals surface area contributed by atoms with Crippen LogP contribution in [0.15, 0.2) is 54.9 Å². The van der Waals surface area contributed by atoms with E-state index in [1.165, 1.54) is 23.4 Å². The number of carbonyl (C=O) groups excluding carboxylic acids is 1. The van der Waals surface area contributed by atoms with Crippen molar-refractivity contribution in [1.29, 1.82) is 0 Å². The molecule has 0 aliphatic carbocycles. The first-order chi connectivity index (χ1) is 13.0. The van der Waals surface area contributed by atoms with Gasteiger partial charge in [0.25, 0.3) is 5.91 Å². The quantitative estimate of drug-likeness (QED) is 0.747. The van der Waals surface area contributed by atoms with E-state index in [0.29, 0.717) is 17.7 Å². The van der Waals surface area contributed by atoms with Gasteiger partial charge in [-0.25, -0.2) is 14.2 Å². The molecule has 4 rings (SSSR count). The second-order valence-electron chi connectivity index (χ2n) is 6.34.